The summed E-state index contributed by atoms with van der Waals surface area (Å²) in [6, 6.07) is 18.1. The van der Waals surface area contributed by atoms with Gasteiger partial charge in [-0.15, -0.1) is 0 Å². The van der Waals surface area contributed by atoms with Gasteiger partial charge in [0.2, 0.25) is 0 Å². The topological polar surface area (TPSA) is 27.0 Å². The molecule has 0 amide bonds. The number of piperidine rings is 1. The lowest BCUT2D eigenvalue weighted by atomic mass is 10.0. The van der Waals surface area contributed by atoms with Gasteiger partial charge in [0.25, 0.3) is 0 Å². The zero-order chi connectivity index (χ0) is 16.1. The number of hydrogen-bond donors (Lipinski definition) is 0. The number of hydrogen-bond acceptors (Lipinski definition) is 2. The molecule has 1 aliphatic rings. The third kappa shape index (κ3) is 3.94. The normalized spacial score (nSPS) is 15.3. The first-order valence-corrected chi connectivity index (χ1v) is 8.37. The summed E-state index contributed by atoms with van der Waals surface area (Å²) in [5, 5.41) is 10.1. The van der Waals surface area contributed by atoms with Crippen LogP contribution < -0.4 is 4.90 Å². The molecule has 23 heavy (non-hydrogen) atoms. The lowest BCUT2D eigenvalue weighted by molar-refractivity contribution is 0.578. The highest BCUT2D eigenvalue weighted by molar-refractivity contribution is 6.30. The molecule has 1 heterocycles. The predicted molar refractivity (Wildman–Crippen MR) is 97.4 cm³/mol. The van der Waals surface area contributed by atoms with Crippen molar-refractivity contribution < 1.29 is 0 Å². The second-order valence-electron chi connectivity index (χ2n) is 5.82. The minimum absolute atomic E-state index is 0.646. The summed E-state index contributed by atoms with van der Waals surface area (Å²) < 4.78 is 0. The van der Waals surface area contributed by atoms with E-state index in [4.69, 9.17) is 11.6 Å². The molecule has 0 bridgehead atoms. The van der Waals surface area contributed by atoms with Crippen LogP contribution in [0.25, 0.3) is 11.6 Å². The van der Waals surface area contributed by atoms with Crippen LogP contribution in [0.5, 0.6) is 0 Å². The van der Waals surface area contributed by atoms with E-state index >= 15 is 0 Å². The van der Waals surface area contributed by atoms with Crippen LogP contribution >= 0.6 is 11.6 Å². The van der Waals surface area contributed by atoms with Crippen LogP contribution in [0.2, 0.25) is 5.02 Å². The lowest BCUT2D eigenvalue weighted by Crippen LogP contribution is -2.29. The molecule has 0 unspecified atom stereocenters. The quantitative estimate of drug-likeness (QED) is 0.559. The van der Waals surface area contributed by atoms with Crippen LogP contribution in [0.3, 0.4) is 0 Å². The summed E-state index contributed by atoms with van der Waals surface area (Å²) in [6.45, 7) is 2.28. The van der Waals surface area contributed by atoms with Crippen LogP contribution in [0, 0.1) is 11.3 Å². The summed E-state index contributed by atoms with van der Waals surface area (Å²) in [5.74, 6) is 0. The fraction of sp³-hybridized carbons (Fsp3) is 0.250. The minimum atomic E-state index is 0.646. The number of nitriles is 1. The standard InChI is InChI=1S/C20H19ClN2/c21-19-8-6-17(7-9-19)18(15-22)14-16-4-10-20(11-5-16)23-12-2-1-3-13-23/h4-11,14H,1-3,12-13H2. The van der Waals surface area contributed by atoms with Crippen molar-refractivity contribution in [2.45, 2.75) is 19.3 Å². The van der Waals surface area contributed by atoms with Crippen LogP contribution in [0.15, 0.2) is 48.5 Å². The number of rotatable bonds is 3. The molecule has 0 aromatic heterocycles. The molecule has 0 atom stereocenters. The molecule has 0 saturated carbocycles. The van der Waals surface area contributed by atoms with Crippen molar-refractivity contribution in [3.8, 4) is 6.07 Å². The van der Waals surface area contributed by atoms with Crippen LogP contribution in [0.4, 0.5) is 5.69 Å². The Hall–Kier alpha value is -2.24. The maximum absolute atomic E-state index is 9.41. The smallest absolute Gasteiger partial charge is 0.0998 e. The Labute approximate surface area is 142 Å². The van der Waals surface area contributed by atoms with Gasteiger partial charge in [-0.1, -0.05) is 35.9 Å². The number of nitrogens with zero attached hydrogens (tertiary/aromatic N) is 2. The summed E-state index contributed by atoms with van der Waals surface area (Å²) in [6.07, 6.45) is 5.81. The third-order valence-corrected chi connectivity index (χ3v) is 4.45. The minimum Gasteiger partial charge on any atom is -0.372 e. The van der Waals surface area contributed by atoms with Gasteiger partial charge in [0.05, 0.1) is 11.6 Å². The fourth-order valence-corrected chi connectivity index (χ4v) is 3.04. The van der Waals surface area contributed by atoms with Crippen molar-refractivity contribution in [1.29, 1.82) is 5.26 Å². The van der Waals surface area contributed by atoms with Crippen LogP contribution in [-0.4, -0.2) is 13.1 Å². The van der Waals surface area contributed by atoms with Crippen molar-refractivity contribution in [2.75, 3.05) is 18.0 Å². The maximum atomic E-state index is 9.41. The Bertz CT molecular complexity index is 718. The summed E-state index contributed by atoms with van der Waals surface area (Å²) in [5.41, 5.74) is 3.84. The van der Waals surface area contributed by atoms with Crippen molar-refractivity contribution in [1.82, 2.24) is 0 Å². The Morgan fingerprint density at radius 2 is 1.61 bits per heavy atom. The largest absolute Gasteiger partial charge is 0.372 e. The van der Waals surface area contributed by atoms with Crippen molar-refractivity contribution in [3.63, 3.8) is 0 Å². The molecule has 1 saturated heterocycles. The average molecular weight is 323 g/mol. The molecule has 2 aromatic rings. The molecule has 3 rings (SSSR count). The molecular weight excluding hydrogens is 304 g/mol. The highest BCUT2D eigenvalue weighted by atomic mass is 35.5. The second-order valence-corrected chi connectivity index (χ2v) is 6.25. The van der Waals surface area contributed by atoms with Crippen molar-refractivity contribution in [3.05, 3.63) is 64.7 Å². The van der Waals surface area contributed by atoms with Crippen LogP contribution in [0.1, 0.15) is 30.4 Å². The molecule has 2 nitrogen and oxygen atoms in total. The molecule has 2 aromatic carbocycles. The van der Waals surface area contributed by atoms with Gasteiger partial charge in [-0.25, -0.2) is 0 Å². The van der Waals surface area contributed by atoms with Crippen molar-refractivity contribution in [2.24, 2.45) is 0 Å². The first-order valence-electron chi connectivity index (χ1n) is 7.99. The third-order valence-electron chi connectivity index (χ3n) is 4.20. The molecule has 1 fully saturated rings. The molecule has 0 aliphatic carbocycles. The Balaban J connectivity index is 1.80. The summed E-state index contributed by atoms with van der Waals surface area (Å²) in [7, 11) is 0. The van der Waals surface area contributed by atoms with E-state index in [1.54, 1.807) is 0 Å². The highest BCUT2D eigenvalue weighted by Crippen LogP contribution is 2.23. The fourth-order valence-electron chi connectivity index (χ4n) is 2.91. The Kier molecular flexibility index (Phi) is 5.00. The lowest BCUT2D eigenvalue weighted by Gasteiger charge is -2.28. The van der Waals surface area contributed by atoms with Gasteiger partial charge in [0.1, 0.15) is 0 Å². The molecular formula is C20H19ClN2. The zero-order valence-electron chi connectivity index (χ0n) is 13.0. The molecule has 3 heteroatoms. The van der Waals surface area contributed by atoms with Crippen molar-refractivity contribution >= 4 is 28.9 Å². The van der Waals surface area contributed by atoms with E-state index in [1.165, 1.54) is 24.9 Å². The van der Waals surface area contributed by atoms with E-state index in [-0.39, 0.29) is 0 Å². The zero-order valence-corrected chi connectivity index (χ0v) is 13.8. The summed E-state index contributed by atoms with van der Waals surface area (Å²) in [4.78, 5) is 2.43. The van der Waals surface area contributed by atoms with Gasteiger partial charge in [-0.05, 0) is 60.7 Å². The maximum Gasteiger partial charge on any atom is 0.0998 e. The highest BCUT2D eigenvalue weighted by Gasteiger charge is 2.10. The number of anilines is 1. The monoisotopic (exact) mass is 322 g/mol. The number of halogens is 1. The molecule has 0 radical (unpaired) electrons. The van der Waals surface area contributed by atoms with Crippen LogP contribution in [-0.2, 0) is 0 Å². The number of allylic oxidation sites excluding steroid dienone is 1. The SMILES string of the molecule is N#CC(=Cc1ccc(N2CCCCC2)cc1)c1ccc(Cl)cc1. The van der Waals surface area contributed by atoms with Gasteiger partial charge in [-0.2, -0.15) is 5.26 Å². The average Bonchev–Trinajstić information content (AvgIpc) is 2.62. The first-order chi connectivity index (χ1) is 11.3. The van der Waals surface area contributed by atoms with Gasteiger partial charge in [-0.3, -0.25) is 0 Å². The first kappa shape index (κ1) is 15.6. The number of benzene rings is 2. The molecule has 0 spiro atoms. The second kappa shape index (κ2) is 7.35. The van der Waals surface area contributed by atoms with E-state index in [9.17, 15) is 5.26 Å². The molecule has 1 aliphatic heterocycles. The molecule has 0 N–H and O–H groups in total. The summed E-state index contributed by atoms with van der Waals surface area (Å²) >= 11 is 5.90. The van der Waals surface area contributed by atoms with E-state index in [2.05, 4.69) is 35.2 Å². The Morgan fingerprint density at radius 1 is 0.957 bits per heavy atom. The molecule has 116 valence electrons. The van der Waals surface area contributed by atoms with Gasteiger partial charge in [0.15, 0.2) is 0 Å². The van der Waals surface area contributed by atoms with E-state index < -0.39 is 0 Å². The Morgan fingerprint density at radius 3 is 2.22 bits per heavy atom. The van der Waals surface area contributed by atoms with E-state index in [1.807, 2.05) is 30.3 Å². The van der Waals surface area contributed by atoms with Gasteiger partial charge < -0.3 is 4.90 Å². The van der Waals surface area contributed by atoms with Gasteiger partial charge >= 0.3 is 0 Å². The predicted octanol–water partition coefficient (Wildman–Crippen LogP) is 5.39. The van der Waals surface area contributed by atoms with E-state index in [0.717, 1.165) is 24.2 Å². The van der Waals surface area contributed by atoms with E-state index in [0.29, 0.717) is 10.6 Å². The van der Waals surface area contributed by atoms with Gasteiger partial charge in [0, 0.05) is 23.8 Å².